The van der Waals surface area contributed by atoms with Crippen LogP contribution in [0.15, 0.2) is 18.6 Å². The maximum atomic E-state index is 4.68. The molecular formula is C13H20N6. The number of likely N-dealkylation sites (N-methyl/N-ethyl adjacent to an activating group) is 1. The van der Waals surface area contributed by atoms with E-state index >= 15 is 0 Å². The maximum absolute atomic E-state index is 4.68. The predicted octanol–water partition coefficient (Wildman–Crippen LogP) is 0.913. The van der Waals surface area contributed by atoms with E-state index in [-0.39, 0.29) is 0 Å². The zero-order chi connectivity index (χ0) is 13.2. The number of hydrogen-bond acceptors (Lipinski definition) is 5. The van der Waals surface area contributed by atoms with E-state index in [0.717, 1.165) is 50.0 Å². The Balaban J connectivity index is 1.93. The second-order valence-corrected chi connectivity index (χ2v) is 4.78. The van der Waals surface area contributed by atoms with Crippen LogP contribution in [0.5, 0.6) is 0 Å². The molecule has 3 rings (SSSR count). The highest BCUT2D eigenvalue weighted by Crippen LogP contribution is 2.21. The number of nitrogens with one attached hydrogen (secondary N) is 1. The van der Waals surface area contributed by atoms with Crippen molar-refractivity contribution >= 4 is 17.3 Å². The lowest BCUT2D eigenvalue weighted by Gasteiger charge is -2.34. The van der Waals surface area contributed by atoms with Gasteiger partial charge >= 0.3 is 0 Å². The lowest BCUT2D eigenvalue weighted by Crippen LogP contribution is -2.46. The number of aromatic nitrogens is 3. The van der Waals surface area contributed by atoms with E-state index in [9.17, 15) is 0 Å². The highest BCUT2D eigenvalue weighted by atomic mass is 15.3. The summed E-state index contributed by atoms with van der Waals surface area (Å²) in [5.74, 6) is 1.85. The van der Waals surface area contributed by atoms with Crippen molar-refractivity contribution in [3.8, 4) is 0 Å². The van der Waals surface area contributed by atoms with Crippen molar-refractivity contribution in [3.63, 3.8) is 0 Å². The molecule has 0 saturated carbocycles. The molecule has 3 heterocycles. The second-order valence-electron chi connectivity index (χ2n) is 4.78. The van der Waals surface area contributed by atoms with Crippen molar-refractivity contribution in [1.82, 2.24) is 19.3 Å². The Kier molecular flexibility index (Phi) is 3.25. The average molecular weight is 260 g/mol. The number of nitrogens with zero attached hydrogens (tertiary/aromatic N) is 5. The van der Waals surface area contributed by atoms with E-state index in [4.69, 9.17) is 0 Å². The van der Waals surface area contributed by atoms with Gasteiger partial charge in [-0.15, -0.1) is 0 Å². The van der Waals surface area contributed by atoms with Gasteiger partial charge in [-0.3, -0.25) is 0 Å². The van der Waals surface area contributed by atoms with E-state index in [2.05, 4.69) is 32.0 Å². The first-order valence-electron chi connectivity index (χ1n) is 6.80. The summed E-state index contributed by atoms with van der Waals surface area (Å²) >= 11 is 0. The number of anilines is 2. The molecule has 6 nitrogen and oxygen atoms in total. The first kappa shape index (κ1) is 12.2. The third-order valence-electron chi connectivity index (χ3n) is 3.73. The van der Waals surface area contributed by atoms with Crippen molar-refractivity contribution in [2.24, 2.45) is 0 Å². The minimum absolute atomic E-state index is 0.874. The van der Waals surface area contributed by atoms with Crippen LogP contribution in [0.1, 0.15) is 6.92 Å². The lowest BCUT2D eigenvalue weighted by molar-refractivity contribution is 0.270. The van der Waals surface area contributed by atoms with Crippen molar-refractivity contribution in [3.05, 3.63) is 18.6 Å². The summed E-state index contributed by atoms with van der Waals surface area (Å²) in [5.41, 5.74) is 0.934. The van der Waals surface area contributed by atoms with Crippen LogP contribution in [0.4, 0.5) is 11.6 Å². The topological polar surface area (TPSA) is 48.7 Å². The molecule has 1 N–H and O–H groups in total. The first-order chi connectivity index (χ1) is 9.31. The summed E-state index contributed by atoms with van der Waals surface area (Å²) in [6.07, 6.45) is 5.75. The molecule has 0 spiro atoms. The number of rotatable bonds is 3. The van der Waals surface area contributed by atoms with Crippen molar-refractivity contribution < 1.29 is 0 Å². The molecule has 0 amide bonds. The minimum atomic E-state index is 0.874. The Morgan fingerprint density at radius 2 is 2.05 bits per heavy atom. The number of hydrogen-bond donors (Lipinski definition) is 1. The highest BCUT2D eigenvalue weighted by molar-refractivity contribution is 5.67. The van der Waals surface area contributed by atoms with Gasteiger partial charge in [-0.05, 0) is 6.54 Å². The Bertz CT molecular complexity index is 555. The smallest absolute Gasteiger partial charge is 0.180 e. The van der Waals surface area contributed by atoms with E-state index in [1.165, 1.54) is 0 Å². The van der Waals surface area contributed by atoms with E-state index in [1.54, 1.807) is 0 Å². The molecule has 2 aromatic heterocycles. The van der Waals surface area contributed by atoms with Crippen LogP contribution >= 0.6 is 0 Å². The molecule has 1 aliphatic rings. The fraction of sp³-hybridized carbons (Fsp3) is 0.538. The molecule has 1 aliphatic heterocycles. The van der Waals surface area contributed by atoms with Gasteiger partial charge in [-0.1, -0.05) is 6.92 Å². The third kappa shape index (κ3) is 2.23. The van der Waals surface area contributed by atoms with Crippen LogP contribution in [0.25, 0.3) is 5.65 Å². The molecule has 2 aromatic rings. The molecule has 1 saturated heterocycles. The minimum Gasteiger partial charge on any atom is -0.372 e. The highest BCUT2D eigenvalue weighted by Gasteiger charge is 2.20. The predicted molar refractivity (Wildman–Crippen MR) is 76.9 cm³/mol. The number of imidazole rings is 1. The van der Waals surface area contributed by atoms with Crippen LogP contribution in [-0.4, -0.2) is 59.0 Å². The number of fused-ring (bicyclic) bond motifs is 1. The summed E-state index contributed by atoms with van der Waals surface area (Å²) in [7, 11) is 1.89. The molecule has 0 bridgehead atoms. The fourth-order valence-corrected chi connectivity index (χ4v) is 2.52. The Morgan fingerprint density at radius 1 is 1.26 bits per heavy atom. The summed E-state index contributed by atoms with van der Waals surface area (Å²) in [6.45, 7) is 7.54. The van der Waals surface area contributed by atoms with E-state index in [1.807, 2.05) is 30.0 Å². The van der Waals surface area contributed by atoms with Gasteiger partial charge in [0.05, 0.1) is 6.20 Å². The molecule has 102 valence electrons. The quantitative estimate of drug-likeness (QED) is 0.889. The van der Waals surface area contributed by atoms with Gasteiger partial charge in [0.15, 0.2) is 11.5 Å². The molecule has 6 heteroatoms. The molecule has 1 fully saturated rings. The standard InChI is InChI=1S/C13H20N6/c1-3-17-6-8-18(9-7-17)13-12-15-4-5-19(12)10-11(14-2)16-13/h4-5,10,14H,3,6-9H2,1-2H3. The van der Waals surface area contributed by atoms with Crippen LogP contribution < -0.4 is 10.2 Å². The van der Waals surface area contributed by atoms with Crippen molar-refractivity contribution in [2.75, 3.05) is 50.0 Å². The lowest BCUT2D eigenvalue weighted by atomic mass is 10.3. The Morgan fingerprint density at radius 3 is 2.74 bits per heavy atom. The van der Waals surface area contributed by atoms with Crippen LogP contribution in [0.2, 0.25) is 0 Å². The SMILES string of the molecule is CCN1CCN(c2nc(NC)cn3ccnc23)CC1. The average Bonchev–Trinajstić information content (AvgIpc) is 2.94. The van der Waals surface area contributed by atoms with Gasteiger partial charge in [-0.25, -0.2) is 9.97 Å². The van der Waals surface area contributed by atoms with Gasteiger partial charge in [0.1, 0.15) is 5.82 Å². The number of piperazine rings is 1. The van der Waals surface area contributed by atoms with Crippen molar-refractivity contribution in [1.29, 1.82) is 0 Å². The third-order valence-corrected chi connectivity index (χ3v) is 3.73. The molecule has 0 unspecified atom stereocenters. The van der Waals surface area contributed by atoms with E-state index < -0.39 is 0 Å². The van der Waals surface area contributed by atoms with Gasteiger partial charge in [0, 0.05) is 45.6 Å². The Hall–Kier alpha value is -1.82. The monoisotopic (exact) mass is 260 g/mol. The molecule has 0 radical (unpaired) electrons. The molecule has 0 atom stereocenters. The van der Waals surface area contributed by atoms with Gasteiger partial charge in [0.2, 0.25) is 0 Å². The van der Waals surface area contributed by atoms with Gasteiger partial charge < -0.3 is 19.5 Å². The summed E-state index contributed by atoms with van der Waals surface area (Å²) in [4.78, 5) is 13.9. The summed E-state index contributed by atoms with van der Waals surface area (Å²) in [6, 6.07) is 0. The molecule has 0 aliphatic carbocycles. The largest absolute Gasteiger partial charge is 0.372 e. The van der Waals surface area contributed by atoms with E-state index in [0.29, 0.717) is 0 Å². The van der Waals surface area contributed by atoms with Crippen LogP contribution in [0, 0.1) is 0 Å². The first-order valence-corrected chi connectivity index (χ1v) is 6.80. The summed E-state index contributed by atoms with van der Waals surface area (Å²) in [5, 5.41) is 3.11. The van der Waals surface area contributed by atoms with Crippen LogP contribution in [0.3, 0.4) is 0 Å². The Labute approximate surface area is 113 Å². The zero-order valence-corrected chi connectivity index (χ0v) is 11.5. The van der Waals surface area contributed by atoms with Gasteiger partial charge in [0.25, 0.3) is 0 Å². The van der Waals surface area contributed by atoms with Gasteiger partial charge in [-0.2, -0.15) is 0 Å². The zero-order valence-electron chi connectivity index (χ0n) is 11.5. The normalized spacial score (nSPS) is 17.1. The molecule has 0 aromatic carbocycles. The molecule has 19 heavy (non-hydrogen) atoms. The summed E-state index contributed by atoms with van der Waals surface area (Å²) < 4.78 is 2.03. The van der Waals surface area contributed by atoms with Crippen LogP contribution in [-0.2, 0) is 0 Å². The molecular weight excluding hydrogens is 240 g/mol. The fourth-order valence-electron chi connectivity index (χ4n) is 2.52. The maximum Gasteiger partial charge on any atom is 0.180 e. The second kappa shape index (κ2) is 5.05. The van der Waals surface area contributed by atoms with Crippen molar-refractivity contribution in [2.45, 2.75) is 6.92 Å².